The van der Waals surface area contributed by atoms with Crippen LogP contribution < -0.4 is 19.8 Å². The number of hydrogen-bond acceptors (Lipinski definition) is 6. The number of ether oxygens (including phenoxy) is 1. The van der Waals surface area contributed by atoms with Gasteiger partial charge in [0.05, 0.1) is 16.8 Å². The Morgan fingerprint density at radius 2 is 1.71 bits per heavy atom. The highest BCUT2D eigenvalue weighted by molar-refractivity contribution is 7.92. The molecule has 0 aromatic heterocycles. The first-order chi connectivity index (χ1) is 19.7. The molecule has 2 amide bonds. The molecule has 11 heteroatoms. The van der Waals surface area contributed by atoms with Crippen molar-refractivity contribution in [2.45, 2.75) is 50.0 Å². The summed E-state index contributed by atoms with van der Waals surface area (Å²) in [5.74, 6) is -0.245. The van der Waals surface area contributed by atoms with E-state index in [1.807, 2.05) is 6.92 Å². The number of carbonyl (C=O) groups is 2. The fourth-order valence-corrected chi connectivity index (χ4v) is 6.04. The van der Waals surface area contributed by atoms with Gasteiger partial charge in [-0.05, 0) is 79.9 Å². The molecule has 0 saturated heterocycles. The van der Waals surface area contributed by atoms with Crippen molar-refractivity contribution >= 4 is 45.3 Å². The Bertz CT molecular complexity index is 1470. The van der Waals surface area contributed by atoms with Gasteiger partial charge in [0.25, 0.3) is 21.8 Å². The van der Waals surface area contributed by atoms with Crippen molar-refractivity contribution in [1.29, 1.82) is 0 Å². The van der Waals surface area contributed by atoms with Gasteiger partial charge in [-0.15, -0.1) is 0 Å². The summed E-state index contributed by atoms with van der Waals surface area (Å²) >= 11 is 6.11. The first kappa shape index (κ1) is 30.1. The fraction of sp³-hybridized carbons (Fsp3) is 0.300. The van der Waals surface area contributed by atoms with Crippen molar-refractivity contribution in [1.82, 2.24) is 10.7 Å². The number of rotatable bonds is 11. The first-order valence-corrected chi connectivity index (χ1v) is 15.2. The molecule has 1 saturated carbocycles. The summed E-state index contributed by atoms with van der Waals surface area (Å²) in [5.41, 5.74) is 4.21. The van der Waals surface area contributed by atoms with E-state index < -0.39 is 22.5 Å². The lowest BCUT2D eigenvalue weighted by atomic mass is 9.95. The molecule has 3 aromatic rings. The van der Waals surface area contributed by atoms with E-state index in [0.29, 0.717) is 16.3 Å². The van der Waals surface area contributed by atoms with Crippen molar-refractivity contribution < 1.29 is 22.7 Å². The summed E-state index contributed by atoms with van der Waals surface area (Å²) in [6.45, 7) is 1.28. The minimum Gasteiger partial charge on any atom is -0.484 e. The third-order valence-corrected chi connectivity index (χ3v) is 8.64. The Labute approximate surface area is 245 Å². The van der Waals surface area contributed by atoms with Gasteiger partial charge in [-0.2, -0.15) is 5.10 Å². The van der Waals surface area contributed by atoms with E-state index in [9.17, 15) is 18.0 Å². The van der Waals surface area contributed by atoms with Crippen LogP contribution >= 0.6 is 11.6 Å². The molecule has 0 unspecified atom stereocenters. The fourth-order valence-electron chi connectivity index (χ4n) is 4.44. The average molecular weight is 597 g/mol. The zero-order valence-electron chi connectivity index (χ0n) is 22.8. The van der Waals surface area contributed by atoms with Gasteiger partial charge in [0, 0.05) is 11.1 Å². The van der Waals surface area contributed by atoms with Crippen LogP contribution in [0.2, 0.25) is 5.02 Å². The Hall–Kier alpha value is -3.89. The molecule has 4 rings (SSSR count). The largest absolute Gasteiger partial charge is 0.484 e. The molecule has 0 spiro atoms. The molecule has 1 aliphatic rings. The Morgan fingerprint density at radius 3 is 2.39 bits per heavy atom. The highest BCUT2D eigenvalue weighted by Crippen LogP contribution is 2.26. The number of amides is 2. The Balaban J connectivity index is 1.34. The van der Waals surface area contributed by atoms with Gasteiger partial charge in [-0.3, -0.25) is 13.9 Å². The zero-order chi connectivity index (χ0) is 29.2. The van der Waals surface area contributed by atoms with Crippen LogP contribution in [0.4, 0.5) is 5.69 Å². The van der Waals surface area contributed by atoms with Gasteiger partial charge >= 0.3 is 0 Å². The summed E-state index contributed by atoms with van der Waals surface area (Å²) in [6.07, 6.45) is 6.95. The normalized spacial score (nSPS) is 14.0. The maximum atomic E-state index is 13.4. The standard InChI is InChI=1S/C30H33ClN4O5S/c1-22-10-16-28(17-11-22)41(38,39)35(26-9-5-6-24(31)18-26)20-29(36)34-32-19-23-12-14-27(15-13-23)40-21-30(37)33-25-7-3-2-4-8-25/h5-6,9-19,25H,2-4,7-8,20-21H2,1H3,(H,33,37)(H,34,36)/b32-19+. The number of carbonyl (C=O) groups excluding carboxylic acids is 2. The van der Waals surface area contributed by atoms with E-state index in [4.69, 9.17) is 16.3 Å². The number of aryl methyl sites for hydroxylation is 1. The first-order valence-electron chi connectivity index (χ1n) is 13.4. The summed E-state index contributed by atoms with van der Waals surface area (Å²) < 4.78 is 33.5. The SMILES string of the molecule is Cc1ccc(S(=O)(=O)N(CC(=O)N/N=C/c2ccc(OCC(=O)NC3CCCCC3)cc2)c2cccc(Cl)c2)cc1. The van der Waals surface area contributed by atoms with E-state index in [2.05, 4.69) is 15.8 Å². The highest BCUT2D eigenvalue weighted by Gasteiger charge is 2.27. The van der Waals surface area contributed by atoms with E-state index >= 15 is 0 Å². The van der Waals surface area contributed by atoms with Crippen molar-refractivity contribution in [2.24, 2.45) is 5.10 Å². The smallest absolute Gasteiger partial charge is 0.264 e. The maximum absolute atomic E-state index is 13.4. The Morgan fingerprint density at radius 1 is 1.00 bits per heavy atom. The zero-order valence-corrected chi connectivity index (χ0v) is 24.3. The number of hydrogen-bond donors (Lipinski definition) is 2. The monoisotopic (exact) mass is 596 g/mol. The van der Waals surface area contributed by atoms with Gasteiger partial charge in [0.1, 0.15) is 12.3 Å². The maximum Gasteiger partial charge on any atom is 0.264 e. The van der Waals surface area contributed by atoms with E-state index in [0.717, 1.165) is 35.6 Å². The van der Waals surface area contributed by atoms with Gasteiger partial charge in [-0.25, -0.2) is 13.8 Å². The van der Waals surface area contributed by atoms with Crippen molar-refractivity contribution in [3.05, 3.63) is 88.9 Å². The van der Waals surface area contributed by atoms with Crippen LogP contribution in [0.3, 0.4) is 0 Å². The molecule has 41 heavy (non-hydrogen) atoms. The molecule has 0 aliphatic heterocycles. The van der Waals surface area contributed by atoms with E-state index in [1.54, 1.807) is 54.6 Å². The van der Waals surface area contributed by atoms with Crippen LogP contribution in [-0.4, -0.2) is 45.6 Å². The highest BCUT2D eigenvalue weighted by atomic mass is 35.5. The summed E-state index contributed by atoms with van der Waals surface area (Å²) in [7, 11) is -4.07. The molecule has 0 radical (unpaired) electrons. The van der Waals surface area contributed by atoms with Crippen LogP contribution in [-0.2, 0) is 19.6 Å². The minimum absolute atomic E-state index is 0.0492. The van der Waals surface area contributed by atoms with Crippen LogP contribution in [0.15, 0.2) is 82.8 Å². The molecule has 2 N–H and O–H groups in total. The number of anilines is 1. The molecule has 0 heterocycles. The van der Waals surface area contributed by atoms with E-state index in [-0.39, 0.29) is 29.1 Å². The number of hydrazone groups is 1. The Kier molecular flexibility index (Phi) is 10.4. The van der Waals surface area contributed by atoms with Crippen molar-refractivity contribution in [3.8, 4) is 5.75 Å². The summed E-state index contributed by atoms with van der Waals surface area (Å²) in [4.78, 5) is 25.0. The molecular formula is C30H33ClN4O5S. The quantitative estimate of drug-likeness (QED) is 0.243. The second-order valence-corrected chi connectivity index (χ2v) is 12.2. The molecular weight excluding hydrogens is 564 g/mol. The van der Waals surface area contributed by atoms with Gasteiger partial charge in [0.2, 0.25) is 0 Å². The molecule has 216 valence electrons. The predicted octanol–water partition coefficient (Wildman–Crippen LogP) is 4.82. The third kappa shape index (κ3) is 8.80. The van der Waals surface area contributed by atoms with Crippen LogP contribution in [0.25, 0.3) is 0 Å². The summed E-state index contributed by atoms with van der Waals surface area (Å²) in [6, 6.07) is 19.7. The minimum atomic E-state index is -4.07. The molecule has 1 aliphatic carbocycles. The third-order valence-electron chi connectivity index (χ3n) is 6.62. The van der Waals surface area contributed by atoms with Crippen molar-refractivity contribution in [2.75, 3.05) is 17.5 Å². The number of sulfonamides is 1. The molecule has 9 nitrogen and oxygen atoms in total. The molecule has 0 bridgehead atoms. The van der Waals surface area contributed by atoms with Crippen molar-refractivity contribution in [3.63, 3.8) is 0 Å². The lowest BCUT2D eigenvalue weighted by molar-refractivity contribution is -0.124. The topological polar surface area (TPSA) is 117 Å². The van der Waals surface area contributed by atoms with Gasteiger partial charge < -0.3 is 10.1 Å². The second-order valence-electron chi connectivity index (χ2n) is 9.86. The number of nitrogens with one attached hydrogen (secondary N) is 2. The van der Waals surface area contributed by atoms with E-state index in [1.165, 1.54) is 30.8 Å². The van der Waals surface area contributed by atoms with Gasteiger partial charge in [0.15, 0.2) is 6.61 Å². The molecule has 0 atom stereocenters. The number of nitrogens with zero attached hydrogens (tertiary/aromatic N) is 2. The number of halogens is 1. The van der Waals surface area contributed by atoms with Crippen LogP contribution in [0.1, 0.15) is 43.2 Å². The molecule has 3 aromatic carbocycles. The summed E-state index contributed by atoms with van der Waals surface area (Å²) in [5, 5.41) is 7.31. The number of benzene rings is 3. The predicted molar refractivity (Wildman–Crippen MR) is 160 cm³/mol. The van der Waals surface area contributed by atoms with Crippen LogP contribution in [0.5, 0.6) is 5.75 Å². The average Bonchev–Trinajstić information content (AvgIpc) is 2.96. The molecule has 1 fully saturated rings. The second kappa shape index (κ2) is 14.1. The lowest BCUT2D eigenvalue weighted by Crippen LogP contribution is -2.39. The van der Waals surface area contributed by atoms with Crippen LogP contribution in [0, 0.1) is 6.92 Å². The lowest BCUT2D eigenvalue weighted by Gasteiger charge is -2.24. The van der Waals surface area contributed by atoms with Gasteiger partial charge in [-0.1, -0.05) is 54.6 Å².